The van der Waals surface area contributed by atoms with Crippen molar-refractivity contribution in [1.82, 2.24) is 9.88 Å². The van der Waals surface area contributed by atoms with Crippen LogP contribution in [0.3, 0.4) is 0 Å². The first-order valence-electron chi connectivity index (χ1n) is 11.8. The summed E-state index contributed by atoms with van der Waals surface area (Å²) in [6, 6.07) is 10.3. The van der Waals surface area contributed by atoms with Gasteiger partial charge in [-0.15, -0.1) is 0 Å². The van der Waals surface area contributed by atoms with Crippen LogP contribution in [0.25, 0.3) is 5.57 Å². The van der Waals surface area contributed by atoms with Crippen LogP contribution in [0.1, 0.15) is 42.1 Å². The van der Waals surface area contributed by atoms with Crippen LogP contribution in [0.2, 0.25) is 5.02 Å². The van der Waals surface area contributed by atoms with E-state index in [1.54, 1.807) is 26.5 Å². The largest absolute Gasteiger partial charge is 0.465 e. The SMILES string of the molecule is CC(=O)OCCSSCCOC(=O)N1CCC(=C2c3ccc(Cl)cc3CCc3cccnc32)CC1. The Hall–Kier alpha value is -2.16. The third-order valence-corrected chi connectivity index (χ3v) is 8.62. The zero-order chi connectivity index (χ0) is 24.6. The highest BCUT2D eigenvalue weighted by atomic mass is 35.5. The summed E-state index contributed by atoms with van der Waals surface area (Å²) in [5, 5.41) is 0.755. The van der Waals surface area contributed by atoms with Gasteiger partial charge in [-0.2, -0.15) is 0 Å². The topological polar surface area (TPSA) is 68.7 Å². The van der Waals surface area contributed by atoms with Gasteiger partial charge in [0.25, 0.3) is 0 Å². The van der Waals surface area contributed by atoms with E-state index in [1.807, 2.05) is 18.3 Å². The van der Waals surface area contributed by atoms with Crippen LogP contribution < -0.4 is 0 Å². The molecule has 4 rings (SSSR count). The second-order valence-electron chi connectivity index (χ2n) is 8.38. The fraction of sp³-hybridized carbons (Fsp3) is 0.423. The van der Waals surface area contributed by atoms with Gasteiger partial charge in [-0.1, -0.05) is 50.9 Å². The van der Waals surface area contributed by atoms with Gasteiger partial charge in [0.15, 0.2) is 0 Å². The first kappa shape index (κ1) is 25.9. The van der Waals surface area contributed by atoms with Gasteiger partial charge in [0, 0.05) is 48.3 Å². The Morgan fingerprint density at radius 2 is 1.71 bits per heavy atom. The zero-order valence-corrected chi connectivity index (χ0v) is 22.1. The number of pyridine rings is 1. The van der Waals surface area contributed by atoms with Gasteiger partial charge in [0.1, 0.15) is 13.2 Å². The molecule has 0 spiro atoms. The van der Waals surface area contributed by atoms with Crippen LogP contribution in [0.15, 0.2) is 42.1 Å². The van der Waals surface area contributed by atoms with Crippen molar-refractivity contribution in [2.75, 3.05) is 37.8 Å². The van der Waals surface area contributed by atoms with E-state index >= 15 is 0 Å². The van der Waals surface area contributed by atoms with E-state index in [2.05, 4.69) is 18.2 Å². The highest BCUT2D eigenvalue weighted by Crippen LogP contribution is 2.38. The lowest BCUT2D eigenvalue weighted by molar-refractivity contribution is -0.140. The van der Waals surface area contributed by atoms with E-state index in [1.165, 1.54) is 34.8 Å². The summed E-state index contributed by atoms with van der Waals surface area (Å²) in [7, 11) is 3.21. The summed E-state index contributed by atoms with van der Waals surface area (Å²) in [6.45, 7) is 3.43. The summed E-state index contributed by atoms with van der Waals surface area (Å²) in [5.41, 5.74) is 7.32. The molecule has 0 N–H and O–H groups in total. The number of rotatable bonds is 7. The third kappa shape index (κ3) is 6.96. The van der Waals surface area contributed by atoms with Gasteiger partial charge in [0.2, 0.25) is 0 Å². The average Bonchev–Trinajstić information content (AvgIpc) is 3.02. The number of nitrogens with zero attached hydrogens (tertiary/aromatic N) is 2. The number of carbonyl (C=O) groups is 2. The molecule has 1 aromatic carbocycles. The number of esters is 1. The molecule has 2 aliphatic rings. The Morgan fingerprint density at radius 1 is 1.00 bits per heavy atom. The van der Waals surface area contributed by atoms with E-state index in [4.69, 9.17) is 26.1 Å². The molecule has 6 nitrogen and oxygen atoms in total. The van der Waals surface area contributed by atoms with Crippen LogP contribution in [-0.2, 0) is 27.1 Å². The van der Waals surface area contributed by atoms with Crippen LogP contribution in [-0.4, -0.2) is 59.8 Å². The Balaban J connectivity index is 1.35. The van der Waals surface area contributed by atoms with Crippen molar-refractivity contribution in [2.45, 2.75) is 32.6 Å². The molecule has 35 heavy (non-hydrogen) atoms. The molecule has 186 valence electrons. The number of amides is 1. The summed E-state index contributed by atoms with van der Waals surface area (Å²) in [6.07, 6.45) is 5.06. The molecule has 1 aliphatic carbocycles. The first-order chi connectivity index (χ1) is 17.0. The molecule has 2 aromatic rings. The lowest BCUT2D eigenvalue weighted by Gasteiger charge is -2.29. The molecule has 2 heterocycles. The Kier molecular flexibility index (Phi) is 9.40. The lowest BCUT2D eigenvalue weighted by atomic mass is 9.88. The number of fused-ring (bicyclic) bond motifs is 2. The fourth-order valence-corrected chi connectivity index (χ4v) is 6.28. The van der Waals surface area contributed by atoms with E-state index in [0.29, 0.717) is 32.1 Å². The number of aryl methyl sites for hydroxylation is 2. The second kappa shape index (κ2) is 12.7. The van der Waals surface area contributed by atoms with Crippen molar-refractivity contribution < 1.29 is 19.1 Å². The molecule has 1 aliphatic heterocycles. The zero-order valence-electron chi connectivity index (χ0n) is 19.8. The first-order valence-corrected chi connectivity index (χ1v) is 14.6. The summed E-state index contributed by atoms with van der Waals surface area (Å²) >= 11 is 6.31. The van der Waals surface area contributed by atoms with Crippen molar-refractivity contribution >= 4 is 50.8 Å². The van der Waals surface area contributed by atoms with Gasteiger partial charge in [-0.25, -0.2) is 4.79 Å². The summed E-state index contributed by atoms with van der Waals surface area (Å²) in [4.78, 5) is 29.9. The van der Waals surface area contributed by atoms with E-state index in [9.17, 15) is 9.59 Å². The standard InChI is InChI=1S/C26H29ClN2O4S2/c1-18(30)32-13-15-34-35-16-14-33-26(31)29-11-8-19(9-12-29)24-23-7-6-22(27)17-21(23)5-4-20-3-2-10-28-25(20)24/h2-3,6-7,10,17H,4-5,8-9,11-16H2,1H3. The predicted octanol–water partition coefficient (Wildman–Crippen LogP) is 5.81. The third-order valence-electron chi connectivity index (χ3n) is 6.05. The van der Waals surface area contributed by atoms with Crippen LogP contribution in [0.5, 0.6) is 0 Å². The van der Waals surface area contributed by atoms with Gasteiger partial charge < -0.3 is 14.4 Å². The number of carbonyl (C=O) groups excluding carboxylic acids is 2. The molecule has 1 aromatic heterocycles. The molecule has 0 saturated carbocycles. The molecule has 1 saturated heterocycles. The molecule has 0 unspecified atom stereocenters. The molecular weight excluding hydrogens is 504 g/mol. The van der Waals surface area contributed by atoms with E-state index in [0.717, 1.165) is 42.2 Å². The summed E-state index contributed by atoms with van der Waals surface area (Å²) < 4.78 is 10.4. The maximum Gasteiger partial charge on any atom is 0.409 e. The van der Waals surface area contributed by atoms with Crippen molar-refractivity contribution in [1.29, 1.82) is 0 Å². The lowest BCUT2D eigenvalue weighted by Crippen LogP contribution is -2.37. The second-order valence-corrected chi connectivity index (χ2v) is 11.5. The smallest absolute Gasteiger partial charge is 0.409 e. The van der Waals surface area contributed by atoms with Crippen molar-refractivity contribution in [3.8, 4) is 0 Å². The van der Waals surface area contributed by atoms with E-state index in [-0.39, 0.29) is 12.1 Å². The fourth-order valence-electron chi connectivity index (χ4n) is 4.43. The van der Waals surface area contributed by atoms with Crippen LogP contribution in [0, 0.1) is 0 Å². The van der Waals surface area contributed by atoms with Crippen molar-refractivity contribution in [2.24, 2.45) is 0 Å². The molecule has 9 heteroatoms. The number of ether oxygens (including phenoxy) is 2. The Bertz CT molecular complexity index is 1100. The maximum atomic E-state index is 12.6. The number of benzene rings is 1. The number of likely N-dealkylation sites (tertiary alicyclic amines) is 1. The molecular formula is C26H29ClN2O4S2. The van der Waals surface area contributed by atoms with Crippen LogP contribution >= 0.6 is 33.2 Å². The van der Waals surface area contributed by atoms with Crippen molar-refractivity contribution in [3.05, 3.63) is 69.5 Å². The number of aromatic nitrogens is 1. The molecule has 0 radical (unpaired) electrons. The van der Waals surface area contributed by atoms with Gasteiger partial charge >= 0.3 is 12.1 Å². The Morgan fingerprint density at radius 3 is 2.46 bits per heavy atom. The summed E-state index contributed by atoms with van der Waals surface area (Å²) in [5.74, 6) is 1.15. The Labute approximate surface area is 219 Å². The number of hydrogen-bond acceptors (Lipinski definition) is 7. The monoisotopic (exact) mass is 532 g/mol. The van der Waals surface area contributed by atoms with Gasteiger partial charge in [0.05, 0.1) is 5.69 Å². The molecule has 0 bridgehead atoms. The minimum Gasteiger partial charge on any atom is -0.465 e. The van der Waals surface area contributed by atoms with Crippen LogP contribution in [0.4, 0.5) is 4.79 Å². The molecule has 1 amide bonds. The number of piperidine rings is 1. The molecule has 1 fully saturated rings. The number of hydrogen-bond donors (Lipinski definition) is 0. The quantitative estimate of drug-likeness (QED) is 0.253. The average molecular weight is 533 g/mol. The normalized spacial score (nSPS) is 15.2. The minimum atomic E-state index is -0.266. The maximum absolute atomic E-state index is 12.6. The number of halogens is 1. The highest BCUT2D eigenvalue weighted by Gasteiger charge is 2.27. The minimum absolute atomic E-state index is 0.258. The van der Waals surface area contributed by atoms with Gasteiger partial charge in [-0.3, -0.25) is 9.78 Å². The van der Waals surface area contributed by atoms with Crippen molar-refractivity contribution in [3.63, 3.8) is 0 Å². The molecule has 0 atom stereocenters. The van der Waals surface area contributed by atoms with E-state index < -0.39 is 0 Å². The predicted molar refractivity (Wildman–Crippen MR) is 143 cm³/mol. The highest BCUT2D eigenvalue weighted by molar-refractivity contribution is 8.76. The van der Waals surface area contributed by atoms with Gasteiger partial charge in [-0.05, 0) is 60.6 Å².